The van der Waals surface area contributed by atoms with Crippen LogP contribution in [0, 0.1) is 13.8 Å². The summed E-state index contributed by atoms with van der Waals surface area (Å²) in [5.74, 6) is 0. The fourth-order valence-electron chi connectivity index (χ4n) is 16.1. The van der Waals surface area contributed by atoms with Gasteiger partial charge in [-0.3, -0.25) is 0 Å². The average Bonchev–Trinajstić information content (AvgIpc) is 1.67. The number of nitrogens with zero attached hydrogens (tertiary/aromatic N) is 3. The molecule has 0 aromatic heterocycles. The van der Waals surface area contributed by atoms with Crippen LogP contribution in [0.1, 0.15) is 11.1 Å². The first-order valence-electron chi connectivity index (χ1n) is 30.8. The Morgan fingerprint density at radius 3 is 1.03 bits per heavy atom. The normalized spacial score (nSPS) is 12.8. The van der Waals surface area contributed by atoms with Crippen LogP contribution in [0.5, 0.6) is 0 Å². The van der Waals surface area contributed by atoms with Gasteiger partial charge in [0.05, 0.1) is 8.07 Å². The van der Waals surface area contributed by atoms with Crippen LogP contribution in [-0.2, 0) is 0 Å². The van der Waals surface area contributed by atoms with Gasteiger partial charge >= 0.3 is 0 Å². The average molecular weight is 1120 g/mol. The highest BCUT2D eigenvalue weighted by molar-refractivity contribution is 7.04. The van der Waals surface area contributed by atoms with E-state index in [4.69, 9.17) is 0 Å². The van der Waals surface area contributed by atoms with E-state index in [1.54, 1.807) is 0 Å². The molecule has 18 rings (SSSR count). The summed E-state index contributed by atoms with van der Waals surface area (Å²) in [7, 11) is -2.11. The number of hydrogen-bond acceptors (Lipinski definition) is 3. The van der Waals surface area contributed by atoms with Crippen LogP contribution in [0.3, 0.4) is 0 Å². The topological polar surface area (TPSA) is 9.72 Å². The van der Waals surface area contributed by atoms with E-state index in [0.717, 1.165) is 45.5 Å². The monoisotopic (exact) mass is 1120 g/mol. The molecule has 4 aliphatic rings. The molecule has 0 atom stereocenters. The first kappa shape index (κ1) is 50.2. The zero-order valence-electron chi connectivity index (χ0n) is 49.4. The molecule has 0 saturated carbocycles. The summed E-state index contributed by atoms with van der Waals surface area (Å²) in [5, 5.41) is 9.99. The summed E-state index contributed by atoms with van der Waals surface area (Å²) in [4.78, 5) is 7.36. The molecule has 0 spiro atoms. The van der Waals surface area contributed by atoms with E-state index in [2.05, 4.69) is 315 Å². The Kier molecular flexibility index (Phi) is 10.8. The van der Waals surface area contributed by atoms with E-state index in [9.17, 15) is 0 Å². The Labute approximate surface area is 510 Å². The molecule has 87 heavy (non-hydrogen) atoms. The Bertz CT molecular complexity index is 5050. The molecule has 0 amide bonds. The van der Waals surface area contributed by atoms with Crippen molar-refractivity contribution in [1.29, 1.82) is 0 Å². The Balaban J connectivity index is 0.958. The third-order valence-corrected chi connectivity index (χ3v) is 21.6. The number of fused-ring (bicyclic) bond motifs is 10. The number of aryl methyl sites for hydroxylation is 2. The largest absolute Gasteiger partial charge is 0.310 e. The minimum Gasteiger partial charge on any atom is -0.310 e. The van der Waals surface area contributed by atoms with Gasteiger partial charge < -0.3 is 14.7 Å². The molecule has 0 fully saturated rings. The highest BCUT2D eigenvalue weighted by Gasteiger charge is 2.46. The summed E-state index contributed by atoms with van der Waals surface area (Å²) in [5.41, 5.74) is 32.0. The fourth-order valence-corrected chi connectivity index (χ4v) is 17.7. The number of para-hydroxylation sites is 6. The smallest absolute Gasteiger partial charge is 0.244 e. The van der Waals surface area contributed by atoms with E-state index < -0.39 is 8.07 Å². The van der Waals surface area contributed by atoms with Gasteiger partial charge in [-0.2, -0.15) is 0 Å². The van der Waals surface area contributed by atoms with E-state index in [1.165, 1.54) is 132 Å². The third-order valence-electron chi connectivity index (χ3n) is 19.6. The first-order chi connectivity index (χ1) is 42.6. The van der Waals surface area contributed by atoms with Gasteiger partial charge in [-0.05, 0) is 205 Å². The lowest BCUT2D eigenvalue weighted by molar-refractivity contribution is 1.28. The number of anilines is 9. The molecular weight excluding hydrogens is 1060 g/mol. The second-order valence-electron chi connectivity index (χ2n) is 25.6. The van der Waals surface area contributed by atoms with Gasteiger partial charge in [0.25, 0.3) is 0 Å². The van der Waals surface area contributed by atoms with Gasteiger partial charge in [0.2, 0.25) is 13.4 Å². The van der Waals surface area contributed by atoms with E-state index in [1.807, 2.05) is 0 Å². The Morgan fingerprint density at radius 2 is 0.609 bits per heavy atom. The van der Waals surface area contributed by atoms with Gasteiger partial charge in [0.1, 0.15) is 0 Å². The second kappa shape index (κ2) is 18.7. The molecular formula is C81H59B2N3Si. The van der Waals surface area contributed by atoms with Crippen molar-refractivity contribution >= 4 is 143 Å². The molecule has 14 aromatic rings. The quantitative estimate of drug-likeness (QED) is 0.0998. The van der Waals surface area contributed by atoms with Crippen molar-refractivity contribution in [2.75, 3.05) is 14.7 Å². The fraction of sp³-hybridized carbons (Fsp3) is 0.0617. The summed E-state index contributed by atoms with van der Waals surface area (Å²) >= 11 is 0. The molecule has 0 aliphatic carbocycles. The zero-order valence-corrected chi connectivity index (χ0v) is 50.4. The van der Waals surface area contributed by atoms with Crippen LogP contribution in [0.2, 0.25) is 19.6 Å². The zero-order chi connectivity index (χ0) is 58.0. The molecule has 0 bridgehead atoms. The van der Waals surface area contributed by atoms with Crippen LogP contribution < -0.4 is 52.7 Å². The summed E-state index contributed by atoms with van der Waals surface area (Å²) < 4.78 is 0. The maximum absolute atomic E-state index is 2.72. The SMILES string of the molecule is Cc1ccc2c(c1)-c1cc(N(c3ccccc3)c3ccccc3)cc3c1B2c1cc2c(C)cc4c5c(cc6c([Si](C)(C)C)cc-3c1c6c25)B1c2ccc(N(c3ccccc3)c3ccccc3)cc2-c2cc(N(c3ccccc3)c3ccccc3)cc-4c21. The van der Waals surface area contributed by atoms with Crippen LogP contribution in [0.4, 0.5) is 51.2 Å². The van der Waals surface area contributed by atoms with Gasteiger partial charge in [0, 0.05) is 51.2 Å². The number of rotatable bonds is 10. The maximum atomic E-state index is 2.72. The molecule has 0 saturated heterocycles. The predicted octanol–water partition coefficient (Wildman–Crippen LogP) is 17.1. The molecule has 4 heterocycles. The Morgan fingerprint density at radius 1 is 0.264 bits per heavy atom. The highest BCUT2D eigenvalue weighted by atomic mass is 28.3. The van der Waals surface area contributed by atoms with E-state index >= 15 is 0 Å². The van der Waals surface area contributed by atoms with Crippen molar-refractivity contribution in [3.8, 4) is 44.5 Å². The Hall–Kier alpha value is -10.1. The molecule has 3 nitrogen and oxygen atoms in total. The maximum Gasteiger partial charge on any atom is 0.244 e. The van der Waals surface area contributed by atoms with Gasteiger partial charge in [-0.15, -0.1) is 0 Å². The molecule has 6 heteroatoms. The predicted molar refractivity (Wildman–Crippen MR) is 378 cm³/mol. The molecule has 408 valence electrons. The standard InChI is InChI=1S/C81H59B2N3Si/c1-50-36-38-71-62(40-50)66-43-59(85(54-28-16-8-17-29-54)55-30-18-9-19-31-55)46-69-65-49-75(87(3,4)5)70-48-74-76-64(41-51(2)61-47-73(82(71)80(66)69)77(65)79(70)78(61)76)68-45-60(86(56-32-20-10-21-33-56)57-34-22-11-23-35-57)44-67-63-42-58(37-39-72(63)83(74)81(67)68)84(52-24-12-6-13-25-52)53-26-14-7-15-27-53/h6-49H,1-5H3. The molecule has 14 aromatic carbocycles. The van der Waals surface area contributed by atoms with E-state index in [0.29, 0.717) is 0 Å². The third kappa shape index (κ3) is 7.32. The molecule has 0 radical (unpaired) electrons. The summed E-state index contributed by atoms with van der Waals surface area (Å²) in [6, 6.07) is 101. The van der Waals surface area contributed by atoms with Crippen molar-refractivity contribution in [3.05, 3.63) is 278 Å². The minimum absolute atomic E-state index is 0.0120. The molecule has 4 aliphatic heterocycles. The number of hydrogen-bond donors (Lipinski definition) is 0. The summed E-state index contributed by atoms with van der Waals surface area (Å²) in [6.45, 7) is 12.5. The number of benzene rings is 14. The summed E-state index contributed by atoms with van der Waals surface area (Å²) in [6.07, 6.45) is 0. The highest BCUT2D eigenvalue weighted by Crippen LogP contribution is 2.51. The van der Waals surface area contributed by atoms with Crippen molar-refractivity contribution < 1.29 is 0 Å². The molecule has 0 N–H and O–H groups in total. The van der Waals surface area contributed by atoms with Crippen molar-refractivity contribution in [3.63, 3.8) is 0 Å². The van der Waals surface area contributed by atoms with Gasteiger partial charge in [0.15, 0.2) is 0 Å². The van der Waals surface area contributed by atoms with Crippen molar-refractivity contribution in [1.82, 2.24) is 0 Å². The molecule has 0 unspecified atom stereocenters. The van der Waals surface area contributed by atoms with Crippen LogP contribution in [0.15, 0.2) is 267 Å². The van der Waals surface area contributed by atoms with Crippen LogP contribution >= 0.6 is 0 Å². The van der Waals surface area contributed by atoms with Gasteiger partial charge in [-0.1, -0.05) is 221 Å². The first-order valence-corrected chi connectivity index (χ1v) is 34.3. The van der Waals surface area contributed by atoms with Crippen molar-refractivity contribution in [2.45, 2.75) is 33.5 Å². The van der Waals surface area contributed by atoms with Gasteiger partial charge in [-0.25, -0.2) is 0 Å². The van der Waals surface area contributed by atoms with E-state index in [-0.39, 0.29) is 13.4 Å². The van der Waals surface area contributed by atoms with Crippen LogP contribution in [0.25, 0.3) is 76.8 Å². The lowest BCUT2D eigenvalue weighted by atomic mass is 9.34. The minimum atomic E-state index is -2.11. The second-order valence-corrected chi connectivity index (χ2v) is 30.7. The lowest BCUT2D eigenvalue weighted by Crippen LogP contribution is -2.53. The van der Waals surface area contributed by atoms with Crippen LogP contribution in [-0.4, -0.2) is 21.5 Å². The van der Waals surface area contributed by atoms with Crippen molar-refractivity contribution in [2.24, 2.45) is 0 Å². The lowest BCUT2D eigenvalue weighted by Gasteiger charge is -2.35.